The van der Waals surface area contributed by atoms with E-state index in [9.17, 15) is 4.39 Å². The van der Waals surface area contributed by atoms with Gasteiger partial charge in [0.25, 0.3) is 0 Å². The second-order valence-electron chi connectivity index (χ2n) is 6.89. The summed E-state index contributed by atoms with van der Waals surface area (Å²) < 4.78 is 29.8. The van der Waals surface area contributed by atoms with Crippen molar-refractivity contribution in [1.82, 2.24) is 15.6 Å². The summed E-state index contributed by atoms with van der Waals surface area (Å²) in [5.41, 5.74) is 0.962. The van der Waals surface area contributed by atoms with Crippen LogP contribution < -0.4 is 15.4 Å². The molecule has 0 aliphatic carbocycles. The monoisotopic (exact) mass is 544 g/mol. The number of aliphatic imine (C=N–C) groups is 1. The second kappa shape index (κ2) is 14.2. The Labute approximate surface area is 199 Å². The minimum Gasteiger partial charge on any atom is -0.439 e. The summed E-state index contributed by atoms with van der Waals surface area (Å²) in [6, 6.07) is 9.56. The predicted octanol–water partition coefficient (Wildman–Crippen LogP) is 3.88. The molecular formula is C22H30FIN4O3. The van der Waals surface area contributed by atoms with Gasteiger partial charge in [0.1, 0.15) is 11.6 Å². The number of pyridine rings is 1. The lowest BCUT2D eigenvalue weighted by Gasteiger charge is -2.13. The molecule has 2 N–H and O–H groups in total. The zero-order valence-electron chi connectivity index (χ0n) is 17.7. The van der Waals surface area contributed by atoms with Crippen LogP contribution in [0.1, 0.15) is 25.3 Å². The van der Waals surface area contributed by atoms with Crippen molar-refractivity contribution in [2.24, 2.45) is 4.99 Å². The van der Waals surface area contributed by atoms with Crippen LogP contribution in [0, 0.1) is 5.82 Å². The minimum absolute atomic E-state index is 0. The average Bonchev–Trinajstić information content (AvgIpc) is 3.27. The second-order valence-corrected chi connectivity index (χ2v) is 6.89. The Bertz CT molecular complexity index is 802. The van der Waals surface area contributed by atoms with E-state index < -0.39 is 0 Å². The summed E-state index contributed by atoms with van der Waals surface area (Å²) in [6.45, 7) is 6.26. The van der Waals surface area contributed by atoms with Gasteiger partial charge in [-0.25, -0.2) is 14.4 Å². The smallest absolute Gasteiger partial charge is 0.219 e. The molecule has 0 amide bonds. The van der Waals surface area contributed by atoms with E-state index in [1.54, 1.807) is 18.3 Å². The van der Waals surface area contributed by atoms with Gasteiger partial charge in [0.2, 0.25) is 5.88 Å². The molecule has 2 heterocycles. The molecule has 1 saturated heterocycles. The van der Waals surface area contributed by atoms with Crippen molar-refractivity contribution in [1.29, 1.82) is 0 Å². The first kappa shape index (κ1) is 25.3. The molecule has 1 atom stereocenters. The van der Waals surface area contributed by atoms with Crippen molar-refractivity contribution in [3.63, 3.8) is 0 Å². The van der Waals surface area contributed by atoms with Crippen molar-refractivity contribution in [2.45, 2.75) is 32.4 Å². The van der Waals surface area contributed by atoms with Crippen LogP contribution in [0.3, 0.4) is 0 Å². The molecule has 0 radical (unpaired) electrons. The number of nitrogens with one attached hydrogen (secondary N) is 2. The van der Waals surface area contributed by atoms with Crippen LogP contribution in [0.15, 0.2) is 47.6 Å². The number of aromatic nitrogens is 1. The van der Waals surface area contributed by atoms with E-state index in [4.69, 9.17) is 14.2 Å². The zero-order valence-corrected chi connectivity index (χ0v) is 20.0. The van der Waals surface area contributed by atoms with Gasteiger partial charge in [0.15, 0.2) is 5.96 Å². The Morgan fingerprint density at radius 1 is 1.26 bits per heavy atom. The lowest BCUT2D eigenvalue weighted by Crippen LogP contribution is -2.38. The maximum atomic E-state index is 13.0. The van der Waals surface area contributed by atoms with Crippen molar-refractivity contribution in [2.75, 3.05) is 32.9 Å². The Morgan fingerprint density at radius 3 is 2.84 bits per heavy atom. The van der Waals surface area contributed by atoms with Gasteiger partial charge in [-0.3, -0.25) is 0 Å². The number of nitrogens with zero attached hydrogens (tertiary/aromatic N) is 2. The molecule has 1 aliphatic heterocycles. The van der Waals surface area contributed by atoms with Gasteiger partial charge >= 0.3 is 0 Å². The quantitative estimate of drug-likeness (QED) is 0.205. The first-order valence-electron chi connectivity index (χ1n) is 10.3. The van der Waals surface area contributed by atoms with Crippen LogP contribution in [-0.4, -0.2) is 50.0 Å². The van der Waals surface area contributed by atoms with Gasteiger partial charge in [-0.05, 0) is 55.7 Å². The van der Waals surface area contributed by atoms with Crippen molar-refractivity contribution >= 4 is 29.9 Å². The van der Waals surface area contributed by atoms with Crippen LogP contribution in [-0.2, 0) is 16.0 Å². The van der Waals surface area contributed by atoms with E-state index in [2.05, 4.69) is 20.6 Å². The third-order valence-corrected chi connectivity index (χ3v) is 4.45. The summed E-state index contributed by atoms with van der Waals surface area (Å²) in [5, 5.41) is 6.56. The summed E-state index contributed by atoms with van der Waals surface area (Å²) in [6.07, 6.45) is 3.79. The molecule has 1 aromatic heterocycles. The topological polar surface area (TPSA) is 77.0 Å². The molecule has 2 aromatic rings. The third kappa shape index (κ3) is 9.36. The predicted molar refractivity (Wildman–Crippen MR) is 129 cm³/mol. The van der Waals surface area contributed by atoms with Crippen LogP contribution in [0.2, 0.25) is 0 Å². The van der Waals surface area contributed by atoms with E-state index in [0.717, 1.165) is 44.1 Å². The van der Waals surface area contributed by atoms with Gasteiger partial charge in [0.05, 0.1) is 19.3 Å². The Kier molecular flexibility index (Phi) is 11.5. The first-order chi connectivity index (χ1) is 14.7. The summed E-state index contributed by atoms with van der Waals surface area (Å²) in [4.78, 5) is 8.82. The van der Waals surface area contributed by atoms with Crippen molar-refractivity contribution in [3.05, 3.63) is 54.0 Å². The molecule has 1 aromatic carbocycles. The number of ether oxygens (including phenoxy) is 3. The van der Waals surface area contributed by atoms with Crippen LogP contribution in [0.5, 0.6) is 11.6 Å². The lowest BCUT2D eigenvalue weighted by molar-refractivity contribution is 0.0420. The zero-order chi connectivity index (χ0) is 21.0. The SMILES string of the molecule is CCNC(=NCc1ccnc(Oc2ccc(F)cc2)c1)NCCCOC1CCOC1.I. The normalized spacial score (nSPS) is 15.9. The maximum Gasteiger partial charge on any atom is 0.219 e. The Hall–Kier alpha value is -1.98. The van der Waals surface area contributed by atoms with E-state index in [-0.39, 0.29) is 35.9 Å². The number of hydrogen-bond acceptors (Lipinski definition) is 5. The molecule has 31 heavy (non-hydrogen) atoms. The highest BCUT2D eigenvalue weighted by molar-refractivity contribution is 14.0. The first-order valence-corrected chi connectivity index (χ1v) is 10.3. The molecule has 3 rings (SSSR count). The van der Waals surface area contributed by atoms with E-state index >= 15 is 0 Å². The molecule has 0 saturated carbocycles. The van der Waals surface area contributed by atoms with Crippen molar-refractivity contribution in [3.8, 4) is 11.6 Å². The number of guanidine groups is 1. The highest BCUT2D eigenvalue weighted by Gasteiger charge is 2.15. The standard InChI is InChI=1S/C22H29FN4O3.HI/c1-2-24-22(26-10-3-12-29-20-9-13-28-16-20)27-15-17-8-11-25-21(14-17)30-19-6-4-18(23)5-7-19;/h4-8,11,14,20H,2-3,9-10,12-13,15-16H2,1H3,(H2,24,26,27);1H. The largest absolute Gasteiger partial charge is 0.439 e. The van der Waals surface area contributed by atoms with E-state index in [0.29, 0.717) is 31.4 Å². The average molecular weight is 544 g/mol. The highest BCUT2D eigenvalue weighted by Crippen LogP contribution is 2.20. The maximum absolute atomic E-state index is 13.0. The Morgan fingerprint density at radius 2 is 2.10 bits per heavy atom. The molecule has 9 heteroatoms. The molecule has 0 spiro atoms. The van der Waals surface area contributed by atoms with Crippen LogP contribution in [0.25, 0.3) is 0 Å². The van der Waals surface area contributed by atoms with Gasteiger partial charge in [0, 0.05) is 38.6 Å². The summed E-state index contributed by atoms with van der Waals surface area (Å²) in [5.74, 6) is 1.42. The number of rotatable bonds is 10. The van der Waals surface area contributed by atoms with Crippen LogP contribution >= 0.6 is 24.0 Å². The fourth-order valence-electron chi connectivity index (χ4n) is 2.91. The fourth-order valence-corrected chi connectivity index (χ4v) is 2.91. The lowest BCUT2D eigenvalue weighted by atomic mass is 10.2. The molecular weight excluding hydrogens is 514 g/mol. The summed E-state index contributed by atoms with van der Waals surface area (Å²) in [7, 11) is 0. The highest BCUT2D eigenvalue weighted by atomic mass is 127. The van der Waals surface area contributed by atoms with Gasteiger partial charge < -0.3 is 24.8 Å². The molecule has 1 aliphatic rings. The van der Waals surface area contributed by atoms with E-state index in [1.807, 2.05) is 19.1 Å². The molecule has 170 valence electrons. The molecule has 0 bridgehead atoms. The molecule has 1 unspecified atom stereocenters. The molecule has 7 nitrogen and oxygen atoms in total. The minimum atomic E-state index is -0.305. The fraction of sp³-hybridized carbons (Fsp3) is 0.455. The van der Waals surface area contributed by atoms with Gasteiger partial charge in [-0.2, -0.15) is 0 Å². The number of benzene rings is 1. The summed E-state index contributed by atoms with van der Waals surface area (Å²) >= 11 is 0. The van der Waals surface area contributed by atoms with Crippen LogP contribution in [0.4, 0.5) is 4.39 Å². The van der Waals surface area contributed by atoms with Gasteiger partial charge in [-0.1, -0.05) is 0 Å². The Balaban J connectivity index is 0.00000341. The number of halogens is 2. The van der Waals surface area contributed by atoms with Gasteiger partial charge in [-0.15, -0.1) is 24.0 Å². The third-order valence-electron chi connectivity index (χ3n) is 4.45. The van der Waals surface area contributed by atoms with E-state index in [1.165, 1.54) is 12.1 Å². The molecule has 1 fully saturated rings. The van der Waals surface area contributed by atoms with Crippen molar-refractivity contribution < 1.29 is 18.6 Å². The number of hydrogen-bond donors (Lipinski definition) is 2.